The number of anilines is 1. The van der Waals surface area contributed by atoms with E-state index in [1.54, 1.807) is 6.20 Å². The molecule has 2 aliphatic rings. The Balaban J connectivity index is 1.56. The molecule has 1 unspecified atom stereocenters. The number of carbonyl (C=O) groups is 1. The number of likely N-dealkylation sites (tertiary alicyclic amines) is 1. The van der Waals surface area contributed by atoms with E-state index in [0.717, 1.165) is 50.3 Å². The Morgan fingerprint density at radius 1 is 1.26 bits per heavy atom. The second-order valence-corrected chi connectivity index (χ2v) is 7.55. The molecule has 0 aromatic carbocycles. The van der Waals surface area contributed by atoms with E-state index in [0.29, 0.717) is 25.2 Å². The summed E-state index contributed by atoms with van der Waals surface area (Å²) in [7, 11) is 0. The molecule has 8 heteroatoms. The molecule has 2 aliphatic heterocycles. The van der Waals surface area contributed by atoms with Crippen LogP contribution in [-0.4, -0.2) is 63.8 Å². The minimum absolute atomic E-state index is 0.0770. The summed E-state index contributed by atoms with van der Waals surface area (Å²) in [5, 5.41) is 13.1. The van der Waals surface area contributed by atoms with Gasteiger partial charge in [0.25, 0.3) is 0 Å². The topological polar surface area (TPSA) is 95.6 Å². The highest BCUT2D eigenvalue weighted by Crippen LogP contribution is 2.41. The third-order valence-electron chi connectivity index (χ3n) is 5.68. The molecule has 27 heavy (non-hydrogen) atoms. The van der Waals surface area contributed by atoms with Crippen molar-refractivity contribution in [2.45, 2.75) is 32.1 Å². The maximum absolute atomic E-state index is 12.3. The summed E-state index contributed by atoms with van der Waals surface area (Å²) in [6.45, 7) is 3.29. The zero-order valence-electron chi connectivity index (χ0n) is 15.4. The Morgan fingerprint density at radius 3 is 3.00 bits per heavy atom. The van der Waals surface area contributed by atoms with Gasteiger partial charge < -0.3 is 19.4 Å². The van der Waals surface area contributed by atoms with Crippen molar-refractivity contribution in [2.75, 3.05) is 37.7 Å². The molecule has 0 saturated carbocycles. The van der Waals surface area contributed by atoms with Crippen LogP contribution < -0.4 is 4.90 Å². The second-order valence-electron chi connectivity index (χ2n) is 7.55. The third kappa shape index (κ3) is 3.66. The van der Waals surface area contributed by atoms with E-state index >= 15 is 0 Å². The predicted molar refractivity (Wildman–Crippen MR) is 98.9 cm³/mol. The lowest BCUT2D eigenvalue weighted by atomic mass is 9.73. The lowest BCUT2D eigenvalue weighted by Crippen LogP contribution is -2.54. The summed E-state index contributed by atoms with van der Waals surface area (Å²) >= 11 is 0. The standard InChI is InChI=1S/C19H25N5O3/c25-11-3-10-23-12-19(7-5-16(23)26)6-2-9-24(13-19)18-15(4-1-8-20-18)17-21-14-27-22-17/h1,4,8,14,25H,2-3,5-7,9-13H2. The van der Waals surface area contributed by atoms with Gasteiger partial charge in [-0.05, 0) is 37.8 Å². The van der Waals surface area contributed by atoms with Crippen molar-refractivity contribution < 1.29 is 14.4 Å². The summed E-state index contributed by atoms with van der Waals surface area (Å²) in [4.78, 5) is 25.3. The normalized spacial score (nSPS) is 23.2. The van der Waals surface area contributed by atoms with E-state index in [-0.39, 0.29) is 17.9 Å². The van der Waals surface area contributed by atoms with Gasteiger partial charge in [-0.1, -0.05) is 5.16 Å². The Bertz CT molecular complexity index is 781. The van der Waals surface area contributed by atoms with Gasteiger partial charge in [0.2, 0.25) is 18.1 Å². The third-order valence-corrected chi connectivity index (χ3v) is 5.68. The number of aliphatic hydroxyl groups is 1. The highest BCUT2D eigenvalue weighted by atomic mass is 16.5. The van der Waals surface area contributed by atoms with Crippen molar-refractivity contribution in [1.29, 1.82) is 0 Å². The first-order valence-electron chi connectivity index (χ1n) is 9.56. The number of rotatable bonds is 5. The van der Waals surface area contributed by atoms with Gasteiger partial charge in [-0.25, -0.2) is 4.98 Å². The van der Waals surface area contributed by atoms with Crippen molar-refractivity contribution in [1.82, 2.24) is 20.0 Å². The van der Waals surface area contributed by atoms with Crippen molar-refractivity contribution in [3.05, 3.63) is 24.7 Å². The summed E-state index contributed by atoms with van der Waals surface area (Å²) < 4.78 is 4.91. The first-order chi connectivity index (χ1) is 13.2. The minimum atomic E-state index is 0.0770. The van der Waals surface area contributed by atoms with Gasteiger partial charge >= 0.3 is 0 Å². The average molecular weight is 371 g/mol. The maximum Gasteiger partial charge on any atom is 0.222 e. The molecule has 1 N–H and O–H groups in total. The van der Waals surface area contributed by atoms with Crippen LogP contribution in [0.15, 0.2) is 29.2 Å². The lowest BCUT2D eigenvalue weighted by Gasteiger charge is -2.48. The molecule has 2 fully saturated rings. The summed E-state index contributed by atoms with van der Waals surface area (Å²) in [6, 6.07) is 3.84. The van der Waals surface area contributed by atoms with Gasteiger partial charge in [-0.15, -0.1) is 0 Å². The van der Waals surface area contributed by atoms with E-state index in [9.17, 15) is 4.79 Å². The maximum atomic E-state index is 12.3. The van der Waals surface area contributed by atoms with Crippen molar-refractivity contribution in [3.8, 4) is 11.4 Å². The number of hydrogen-bond donors (Lipinski definition) is 1. The number of amides is 1. The zero-order valence-corrected chi connectivity index (χ0v) is 15.4. The fraction of sp³-hybridized carbons (Fsp3) is 0.579. The average Bonchev–Trinajstić information content (AvgIpc) is 3.24. The molecule has 1 spiro atoms. The molecule has 0 aliphatic carbocycles. The van der Waals surface area contributed by atoms with Crippen LogP contribution in [0, 0.1) is 5.41 Å². The summed E-state index contributed by atoms with van der Waals surface area (Å²) in [5.41, 5.74) is 0.945. The van der Waals surface area contributed by atoms with Crippen LogP contribution in [0.5, 0.6) is 0 Å². The number of hydrogen-bond acceptors (Lipinski definition) is 7. The van der Waals surface area contributed by atoms with E-state index in [2.05, 4.69) is 20.0 Å². The van der Waals surface area contributed by atoms with E-state index < -0.39 is 0 Å². The Labute approximate surface area is 158 Å². The van der Waals surface area contributed by atoms with Gasteiger partial charge in [0.05, 0.1) is 5.56 Å². The highest BCUT2D eigenvalue weighted by molar-refractivity contribution is 5.77. The number of aliphatic hydroxyl groups excluding tert-OH is 1. The molecular formula is C19H25N5O3. The Hall–Kier alpha value is -2.48. The van der Waals surface area contributed by atoms with Gasteiger partial charge in [-0.2, -0.15) is 4.98 Å². The molecular weight excluding hydrogens is 346 g/mol. The fourth-order valence-electron chi connectivity index (χ4n) is 4.40. The molecule has 1 atom stereocenters. The largest absolute Gasteiger partial charge is 0.396 e. The first kappa shape index (κ1) is 17.9. The predicted octanol–water partition coefficient (Wildman–Crippen LogP) is 1.72. The monoisotopic (exact) mass is 371 g/mol. The molecule has 4 rings (SSSR count). The Morgan fingerprint density at radius 2 is 2.19 bits per heavy atom. The number of piperidine rings is 2. The van der Waals surface area contributed by atoms with Crippen molar-refractivity contribution >= 4 is 11.7 Å². The van der Waals surface area contributed by atoms with Gasteiger partial charge in [0.15, 0.2) is 0 Å². The van der Waals surface area contributed by atoms with Crippen LogP contribution in [0.1, 0.15) is 32.1 Å². The van der Waals surface area contributed by atoms with Crippen LogP contribution in [0.3, 0.4) is 0 Å². The number of carbonyl (C=O) groups excluding carboxylic acids is 1. The number of pyridine rings is 1. The van der Waals surface area contributed by atoms with Crippen LogP contribution >= 0.6 is 0 Å². The molecule has 2 aromatic rings. The van der Waals surface area contributed by atoms with Gasteiger partial charge in [0.1, 0.15) is 5.82 Å². The smallest absolute Gasteiger partial charge is 0.222 e. The van der Waals surface area contributed by atoms with Crippen LogP contribution in [0.2, 0.25) is 0 Å². The van der Waals surface area contributed by atoms with Crippen LogP contribution in [0.4, 0.5) is 5.82 Å². The molecule has 4 heterocycles. The highest BCUT2D eigenvalue weighted by Gasteiger charge is 2.42. The molecule has 2 saturated heterocycles. The van der Waals surface area contributed by atoms with Crippen LogP contribution in [-0.2, 0) is 4.79 Å². The van der Waals surface area contributed by atoms with Crippen molar-refractivity contribution in [2.24, 2.45) is 5.41 Å². The summed E-state index contributed by atoms with van der Waals surface area (Å²) in [5.74, 6) is 1.62. The Kier molecular flexibility index (Phi) is 5.07. The molecule has 0 bridgehead atoms. The van der Waals surface area contributed by atoms with Crippen molar-refractivity contribution in [3.63, 3.8) is 0 Å². The zero-order chi connectivity index (χ0) is 18.7. The molecule has 1 amide bonds. The van der Waals surface area contributed by atoms with E-state index in [1.807, 2.05) is 17.0 Å². The number of aromatic nitrogens is 3. The van der Waals surface area contributed by atoms with Gasteiger partial charge in [0, 0.05) is 50.8 Å². The van der Waals surface area contributed by atoms with Gasteiger partial charge in [-0.3, -0.25) is 4.79 Å². The molecule has 8 nitrogen and oxygen atoms in total. The quantitative estimate of drug-likeness (QED) is 0.855. The lowest BCUT2D eigenvalue weighted by molar-refractivity contribution is -0.138. The minimum Gasteiger partial charge on any atom is -0.396 e. The molecule has 144 valence electrons. The van der Waals surface area contributed by atoms with E-state index in [1.165, 1.54) is 6.39 Å². The number of nitrogens with zero attached hydrogens (tertiary/aromatic N) is 5. The summed E-state index contributed by atoms with van der Waals surface area (Å²) in [6.07, 6.45) is 7.41. The van der Waals surface area contributed by atoms with E-state index in [4.69, 9.17) is 9.63 Å². The molecule has 0 radical (unpaired) electrons. The molecule has 2 aromatic heterocycles. The second kappa shape index (κ2) is 7.64. The van der Waals surface area contributed by atoms with Crippen LogP contribution in [0.25, 0.3) is 11.4 Å². The fourth-order valence-corrected chi connectivity index (χ4v) is 4.40. The first-order valence-corrected chi connectivity index (χ1v) is 9.56. The SMILES string of the molecule is O=C1CCC2(CCCN(c3ncccc3-c3ncon3)C2)CN1CCCO.